The van der Waals surface area contributed by atoms with Crippen LogP contribution in [-0.4, -0.2) is 31.4 Å². The van der Waals surface area contributed by atoms with Crippen molar-refractivity contribution in [3.05, 3.63) is 0 Å². The predicted octanol–water partition coefficient (Wildman–Crippen LogP) is 2.35. The van der Waals surface area contributed by atoms with Crippen molar-refractivity contribution < 1.29 is 14.6 Å². The minimum atomic E-state index is -1.78. The van der Waals surface area contributed by atoms with E-state index in [2.05, 4.69) is 33.9 Å². The molecule has 0 spiro atoms. The summed E-state index contributed by atoms with van der Waals surface area (Å²) >= 11 is 0. The van der Waals surface area contributed by atoms with Gasteiger partial charge in [-0.15, -0.1) is 0 Å². The third-order valence-corrected chi connectivity index (χ3v) is 7.79. The van der Waals surface area contributed by atoms with Crippen LogP contribution in [0.5, 0.6) is 0 Å². The molecule has 0 aliphatic heterocycles. The smallest absolute Gasteiger partial charge is 0.192 e. The molecule has 2 N–H and O–H groups in total. The van der Waals surface area contributed by atoms with E-state index < -0.39 is 20.0 Å². The van der Waals surface area contributed by atoms with Crippen molar-refractivity contribution in [1.29, 1.82) is 0 Å². The van der Waals surface area contributed by atoms with E-state index in [1.54, 1.807) is 13.8 Å². The molecule has 0 amide bonds. The molecule has 0 aromatic heterocycles. The number of aliphatic hydroxyl groups is 2. The van der Waals surface area contributed by atoms with Crippen LogP contribution in [0.25, 0.3) is 0 Å². The Kier molecular flexibility index (Phi) is 4.56. The van der Waals surface area contributed by atoms with Gasteiger partial charge >= 0.3 is 0 Å². The van der Waals surface area contributed by atoms with Crippen LogP contribution in [0.1, 0.15) is 34.6 Å². The molecule has 0 bridgehead atoms. The van der Waals surface area contributed by atoms with Crippen LogP contribution >= 0.6 is 0 Å². The van der Waals surface area contributed by atoms with Gasteiger partial charge in [0.1, 0.15) is 0 Å². The Hall–Kier alpha value is 0.0969. The molecular formula is C11H26O3Si. The second-order valence-corrected chi connectivity index (χ2v) is 11.2. The lowest BCUT2D eigenvalue weighted by molar-refractivity contribution is -0.134. The lowest BCUT2D eigenvalue weighted by atomic mass is 9.94. The van der Waals surface area contributed by atoms with E-state index in [0.29, 0.717) is 6.61 Å². The Labute approximate surface area is 94.6 Å². The van der Waals surface area contributed by atoms with Gasteiger partial charge in [-0.3, -0.25) is 0 Å². The highest BCUT2D eigenvalue weighted by molar-refractivity contribution is 6.74. The normalized spacial score (nSPS) is 14.8. The second kappa shape index (κ2) is 4.53. The summed E-state index contributed by atoms with van der Waals surface area (Å²) in [5.41, 5.74) is -0.602. The van der Waals surface area contributed by atoms with E-state index in [-0.39, 0.29) is 5.04 Å². The Bertz CT molecular complexity index is 204. The molecule has 0 fully saturated rings. The van der Waals surface area contributed by atoms with Gasteiger partial charge in [-0.2, -0.15) is 0 Å². The molecule has 92 valence electrons. The average Bonchev–Trinajstić information content (AvgIpc) is 1.99. The Morgan fingerprint density at radius 1 is 1.07 bits per heavy atom. The zero-order valence-electron chi connectivity index (χ0n) is 11.1. The molecule has 0 aliphatic carbocycles. The maximum Gasteiger partial charge on any atom is 0.192 e. The lowest BCUT2D eigenvalue weighted by Crippen LogP contribution is -2.45. The van der Waals surface area contributed by atoms with Gasteiger partial charge in [0.15, 0.2) is 14.6 Å². The fourth-order valence-electron chi connectivity index (χ4n) is 0.657. The minimum Gasteiger partial charge on any atom is -0.416 e. The number of aliphatic hydroxyl groups excluding tert-OH is 1. The summed E-state index contributed by atoms with van der Waals surface area (Å²) in [5, 5.41) is 18.5. The van der Waals surface area contributed by atoms with Crippen LogP contribution in [0, 0.1) is 5.41 Å². The third-order valence-electron chi connectivity index (χ3n) is 3.31. The predicted molar refractivity (Wildman–Crippen MR) is 65.2 cm³/mol. The van der Waals surface area contributed by atoms with Crippen LogP contribution in [-0.2, 0) is 4.43 Å². The molecular weight excluding hydrogens is 208 g/mol. The van der Waals surface area contributed by atoms with Gasteiger partial charge in [0.05, 0.1) is 0 Å². The molecule has 0 unspecified atom stereocenters. The highest BCUT2D eigenvalue weighted by Gasteiger charge is 2.39. The molecule has 3 nitrogen and oxygen atoms in total. The lowest BCUT2D eigenvalue weighted by Gasteiger charge is -2.39. The number of hydrogen-bond acceptors (Lipinski definition) is 3. The largest absolute Gasteiger partial charge is 0.416 e. The summed E-state index contributed by atoms with van der Waals surface area (Å²) in [6, 6.07) is 0. The number of rotatable bonds is 4. The molecule has 0 radical (unpaired) electrons. The van der Waals surface area contributed by atoms with Crippen LogP contribution in [0.3, 0.4) is 0 Å². The molecule has 15 heavy (non-hydrogen) atoms. The topological polar surface area (TPSA) is 49.7 Å². The van der Waals surface area contributed by atoms with Crippen molar-refractivity contribution in [2.45, 2.75) is 59.0 Å². The van der Waals surface area contributed by atoms with Crippen LogP contribution < -0.4 is 0 Å². The van der Waals surface area contributed by atoms with Gasteiger partial charge < -0.3 is 14.6 Å². The second-order valence-electron chi connectivity index (χ2n) is 6.41. The van der Waals surface area contributed by atoms with Crippen LogP contribution in [0.4, 0.5) is 0 Å². The molecule has 0 aromatic carbocycles. The van der Waals surface area contributed by atoms with E-state index in [9.17, 15) is 10.2 Å². The van der Waals surface area contributed by atoms with E-state index in [0.717, 1.165) is 0 Å². The first-order valence-electron chi connectivity index (χ1n) is 5.40. The fourth-order valence-corrected chi connectivity index (χ4v) is 1.82. The first-order valence-corrected chi connectivity index (χ1v) is 8.31. The maximum atomic E-state index is 9.17. The molecule has 0 aliphatic rings. The van der Waals surface area contributed by atoms with Crippen LogP contribution in [0.2, 0.25) is 18.1 Å². The third kappa shape index (κ3) is 4.22. The summed E-state index contributed by atoms with van der Waals surface area (Å²) in [6.45, 7) is 14.8. The quantitative estimate of drug-likeness (QED) is 0.580. The SMILES string of the molecule is CC(C)(CO[Si](C)(C)C(C)(C)C)C(O)O. The van der Waals surface area contributed by atoms with E-state index >= 15 is 0 Å². The van der Waals surface area contributed by atoms with Crippen molar-refractivity contribution in [2.24, 2.45) is 5.41 Å². The van der Waals surface area contributed by atoms with Crippen molar-refractivity contribution in [3.8, 4) is 0 Å². The summed E-state index contributed by atoms with van der Waals surface area (Å²) in [6.07, 6.45) is -1.33. The maximum absolute atomic E-state index is 9.17. The zero-order chi connectivity index (χ0) is 12.5. The molecule has 0 heterocycles. The molecule has 4 heteroatoms. The van der Waals surface area contributed by atoms with Crippen molar-refractivity contribution in [3.63, 3.8) is 0 Å². The van der Waals surface area contributed by atoms with Crippen molar-refractivity contribution >= 4 is 8.32 Å². The molecule has 0 rings (SSSR count). The Balaban J connectivity index is 4.40. The van der Waals surface area contributed by atoms with Crippen LogP contribution in [0.15, 0.2) is 0 Å². The molecule has 0 saturated carbocycles. The molecule has 0 aromatic rings. The summed E-state index contributed by atoms with van der Waals surface area (Å²) in [5.74, 6) is 0. The standard InChI is InChI=1S/C11H26O3Si/c1-10(2,3)15(6,7)14-8-11(4,5)9(12)13/h9,12-13H,8H2,1-7H3. The van der Waals surface area contributed by atoms with Crippen molar-refractivity contribution in [1.82, 2.24) is 0 Å². The summed E-state index contributed by atoms with van der Waals surface area (Å²) < 4.78 is 5.94. The van der Waals surface area contributed by atoms with Gasteiger partial charge in [0.25, 0.3) is 0 Å². The van der Waals surface area contributed by atoms with Gasteiger partial charge in [-0.05, 0) is 18.1 Å². The zero-order valence-corrected chi connectivity index (χ0v) is 12.1. The Morgan fingerprint density at radius 3 is 1.73 bits per heavy atom. The van der Waals surface area contributed by atoms with E-state index in [1.165, 1.54) is 0 Å². The van der Waals surface area contributed by atoms with Gasteiger partial charge in [0.2, 0.25) is 0 Å². The van der Waals surface area contributed by atoms with Gasteiger partial charge in [-0.1, -0.05) is 34.6 Å². The fraction of sp³-hybridized carbons (Fsp3) is 1.00. The molecule has 0 atom stereocenters. The minimum absolute atomic E-state index is 0.156. The van der Waals surface area contributed by atoms with Crippen molar-refractivity contribution in [2.75, 3.05) is 6.61 Å². The monoisotopic (exact) mass is 234 g/mol. The van der Waals surface area contributed by atoms with Gasteiger partial charge in [0, 0.05) is 12.0 Å². The first kappa shape index (κ1) is 15.1. The first-order chi connectivity index (χ1) is 6.40. The highest BCUT2D eigenvalue weighted by Crippen LogP contribution is 2.37. The van der Waals surface area contributed by atoms with E-state index in [4.69, 9.17) is 4.43 Å². The average molecular weight is 234 g/mol. The Morgan fingerprint density at radius 2 is 1.47 bits per heavy atom. The van der Waals surface area contributed by atoms with E-state index in [1.807, 2.05) is 0 Å². The summed E-state index contributed by atoms with van der Waals surface area (Å²) in [4.78, 5) is 0. The number of hydrogen-bond donors (Lipinski definition) is 2. The highest BCUT2D eigenvalue weighted by atomic mass is 28.4. The van der Waals surface area contributed by atoms with Gasteiger partial charge in [-0.25, -0.2) is 0 Å². The summed E-state index contributed by atoms with van der Waals surface area (Å²) in [7, 11) is -1.78. The molecule has 0 saturated heterocycles.